The first-order valence-corrected chi connectivity index (χ1v) is 7.53. The number of nitrogens with two attached hydrogens (primary N) is 1. The van der Waals surface area contributed by atoms with E-state index in [1.165, 1.54) is 6.07 Å². The molecule has 4 nitrogen and oxygen atoms in total. The molecular weight excluding hydrogens is 298 g/mol. The molecule has 21 heavy (non-hydrogen) atoms. The van der Waals surface area contributed by atoms with Crippen LogP contribution in [0.1, 0.15) is 11.1 Å². The molecule has 2 aromatic rings. The van der Waals surface area contributed by atoms with Gasteiger partial charge in [0.05, 0.1) is 10.6 Å². The summed E-state index contributed by atoms with van der Waals surface area (Å²) in [4.78, 5) is 0.0104. The highest BCUT2D eigenvalue weighted by molar-refractivity contribution is 7.92. The van der Waals surface area contributed by atoms with Crippen molar-refractivity contribution in [2.45, 2.75) is 18.7 Å². The van der Waals surface area contributed by atoms with Crippen LogP contribution in [0, 0.1) is 25.5 Å². The zero-order chi connectivity index (χ0) is 15.8. The molecule has 0 aliphatic rings. The molecule has 0 spiro atoms. The van der Waals surface area contributed by atoms with Crippen LogP contribution < -0.4 is 10.5 Å². The van der Waals surface area contributed by atoms with Crippen molar-refractivity contribution in [2.24, 2.45) is 0 Å². The summed E-state index contributed by atoms with van der Waals surface area (Å²) < 4.78 is 53.3. The molecule has 7 heteroatoms. The summed E-state index contributed by atoms with van der Waals surface area (Å²) in [7, 11) is -4.01. The van der Waals surface area contributed by atoms with Crippen LogP contribution in [0.2, 0.25) is 0 Å². The van der Waals surface area contributed by atoms with Gasteiger partial charge in [0.1, 0.15) is 11.5 Å². The average molecular weight is 312 g/mol. The number of anilines is 2. The van der Waals surface area contributed by atoms with Crippen LogP contribution in [0.25, 0.3) is 0 Å². The number of aryl methyl sites for hydroxylation is 2. The van der Waals surface area contributed by atoms with Gasteiger partial charge in [0.15, 0.2) is 5.82 Å². The number of hydrogen-bond donors (Lipinski definition) is 2. The van der Waals surface area contributed by atoms with Gasteiger partial charge in [-0.1, -0.05) is 17.7 Å². The number of benzene rings is 2. The molecule has 3 N–H and O–H groups in total. The highest BCUT2D eigenvalue weighted by Crippen LogP contribution is 2.27. The fourth-order valence-corrected chi connectivity index (χ4v) is 3.32. The number of sulfonamides is 1. The van der Waals surface area contributed by atoms with Gasteiger partial charge in [-0.2, -0.15) is 0 Å². The van der Waals surface area contributed by atoms with Crippen LogP contribution in [-0.2, 0) is 10.0 Å². The average Bonchev–Trinajstić information content (AvgIpc) is 2.33. The normalized spacial score (nSPS) is 11.4. The van der Waals surface area contributed by atoms with E-state index in [2.05, 4.69) is 4.72 Å². The summed E-state index contributed by atoms with van der Waals surface area (Å²) in [6.07, 6.45) is 0. The van der Waals surface area contributed by atoms with Crippen LogP contribution in [0.4, 0.5) is 20.2 Å². The first kappa shape index (κ1) is 15.2. The van der Waals surface area contributed by atoms with Gasteiger partial charge < -0.3 is 5.73 Å². The SMILES string of the molecule is Cc1ccc(S(=O)(=O)Nc2c(N)cc(F)cc2F)c(C)c1. The minimum atomic E-state index is -4.01. The van der Waals surface area contributed by atoms with Crippen molar-refractivity contribution in [1.82, 2.24) is 0 Å². The smallest absolute Gasteiger partial charge is 0.262 e. The van der Waals surface area contributed by atoms with E-state index >= 15 is 0 Å². The molecule has 0 saturated carbocycles. The molecule has 0 bridgehead atoms. The van der Waals surface area contributed by atoms with E-state index in [-0.39, 0.29) is 10.6 Å². The zero-order valence-electron chi connectivity index (χ0n) is 11.4. The standard InChI is InChI=1S/C14H14F2N2O2S/c1-8-3-4-13(9(2)5-8)21(19,20)18-14-11(16)6-10(15)7-12(14)17/h3-7,18H,17H2,1-2H3. The van der Waals surface area contributed by atoms with Gasteiger partial charge in [0, 0.05) is 6.07 Å². The van der Waals surface area contributed by atoms with Crippen LogP contribution in [0.3, 0.4) is 0 Å². The van der Waals surface area contributed by atoms with Crippen molar-refractivity contribution in [2.75, 3.05) is 10.5 Å². The molecule has 0 radical (unpaired) electrons. The Bertz CT molecular complexity index is 782. The summed E-state index contributed by atoms with van der Waals surface area (Å²) in [5, 5.41) is 0. The van der Waals surface area contributed by atoms with Crippen molar-refractivity contribution in [3.63, 3.8) is 0 Å². The highest BCUT2D eigenvalue weighted by atomic mass is 32.2. The van der Waals surface area contributed by atoms with Gasteiger partial charge in [-0.05, 0) is 31.5 Å². The number of hydrogen-bond acceptors (Lipinski definition) is 3. The van der Waals surface area contributed by atoms with Crippen molar-refractivity contribution < 1.29 is 17.2 Å². The second-order valence-corrected chi connectivity index (χ2v) is 6.38. The van der Waals surface area contributed by atoms with E-state index in [0.29, 0.717) is 11.6 Å². The lowest BCUT2D eigenvalue weighted by Gasteiger charge is -2.13. The Balaban J connectivity index is 2.47. The topological polar surface area (TPSA) is 72.2 Å². The number of nitrogen functional groups attached to an aromatic ring is 1. The molecule has 2 aromatic carbocycles. The summed E-state index contributed by atoms with van der Waals surface area (Å²) in [5.74, 6) is -1.94. The number of rotatable bonds is 3. The lowest BCUT2D eigenvalue weighted by atomic mass is 10.2. The van der Waals surface area contributed by atoms with Crippen molar-refractivity contribution in [3.05, 3.63) is 53.1 Å². The molecule has 0 aliphatic carbocycles. The minimum Gasteiger partial charge on any atom is -0.397 e. The fraction of sp³-hybridized carbons (Fsp3) is 0.143. The first-order chi connectivity index (χ1) is 9.70. The molecular formula is C14H14F2N2O2S. The summed E-state index contributed by atoms with van der Waals surface area (Å²) in [5.41, 5.74) is 6.10. The van der Waals surface area contributed by atoms with Gasteiger partial charge in [-0.3, -0.25) is 4.72 Å². The number of nitrogens with one attached hydrogen (secondary N) is 1. The molecule has 0 saturated heterocycles. The Morgan fingerprint density at radius 2 is 1.76 bits per heavy atom. The quantitative estimate of drug-likeness (QED) is 0.856. The summed E-state index contributed by atoms with van der Waals surface area (Å²) >= 11 is 0. The predicted octanol–water partition coefficient (Wildman–Crippen LogP) is 2.96. The first-order valence-electron chi connectivity index (χ1n) is 6.05. The maximum Gasteiger partial charge on any atom is 0.262 e. The molecule has 0 amide bonds. The van der Waals surface area contributed by atoms with E-state index < -0.39 is 27.3 Å². The van der Waals surface area contributed by atoms with Gasteiger partial charge >= 0.3 is 0 Å². The lowest BCUT2D eigenvalue weighted by molar-refractivity contribution is 0.583. The minimum absolute atomic E-state index is 0.0104. The predicted molar refractivity (Wildman–Crippen MR) is 77.5 cm³/mol. The summed E-state index contributed by atoms with van der Waals surface area (Å²) in [6, 6.07) is 6.16. The molecule has 0 aliphatic heterocycles. The van der Waals surface area contributed by atoms with Gasteiger partial charge in [0.2, 0.25) is 0 Å². The van der Waals surface area contributed by atoms with Gasteiger partial charge in [-0.25, -0.2) is 17.2 Å². The zero-order valence-corrected chi connectivity index (χ0v) is 12.3. The largest absolute Gasteiger partial charge is 0.397 e. The Hall–Kier alpha value is -2.15. The Morgan fingerprint density at radius 3 is 2.33 bits per heavy atom. The van der Waals surface area contributed by atoms with Crippen LogP contribution in [0.5, 0.6) is 0 Å². The fourth-order valence-electron chi connectivity index (χ4n) is 1.99. The lowest BCUT2D eigenvalue weighted by Crippen LogP contribution is -2.16. The van der Waals surface area contributed by atoms with Gasteiger partial charge in [-0.15, -0.1) is 0 Å². The molecule has 0 unspecified atom stereocenters. The second kappa shape index (κ2) is 5.33. The molecule has 0 fully saturated rings. The maximum absolute atomic E-state index is 13.7. The van der Waals surface area contributed by atoms with Crippen molar-refractivity contribution >= 4 is 21.4 Å². The van der Waals surface area contributed by atoms with E-state index in [1.54, 1.807) is 19.1 Å². The Morgan fingerprint density at radius 1 is 1.10 bits per heavy atom. The summed E-state index contributed by atoms with van der Waals surface area (Å²) in [6.45, 7) is 3.46. The van der Waals surface area contributed by atoms with Crippen LogP contribution in [-0.4, -0.2) is 8.42 Å². The van der Waals surface area contributed by atoms with Crippen molar-refractivity contribution in [3.8, 4) is 0 Å². The molecule has 2 rings (SSSR count). The Kier molecular flexibility index (Phi) is 3.87. The van der Waals surface area contributed by atoms with Gasteiger partial charge in [0.25, 0.3) is 10.0 Å². The monoisotopic (exact) mass is 312 g/mol. The third kappa shape index (κ3) is 3.13. The number of halogens is 2. The van der Waals surface area contributed by atoms with Crippen LogP contribution in [0.15, 0.2) is 35.2 Å². The van der Waals surface area contributed by atoms with E-state index in [0.717, 1.165) is 11.6 Å². The van der Waals surface area contributed by atoms with E-state index in [9.17, 15) is 17.2 Å². The molecule has 0 aromatic heterocycles. The molecule has 112 valence electrons. The highest BCUT2D eigenvalue weighted by Gasteiger charge is 2.20. The third-order valence-electron chi connectivity index (χ3n) is 2.94. The Labute approximate surface area is 121 Å². The maximum atomic E-state index is 13.7. The van der Waals surface area contributed by atoms with Crippen LogP contribution >= 0.6 is 0 Å². The molecule has 0 atom stereocenters. The van der Waals surface area contributed by atoms with Crippen molar-refractivity contribution in [1.29, 1.82) is 0 Å². The second-order valence-electron chi connectivity index (χ2n) is 4.73. The molecule has 0 heterocycles. The third-order valence-corrected chi connectivity index (χ3v) is 4.45. The van der Waals surface area contributed by atoms with E-state index in [4.69, 9.17) is 5.73 Å². The van der Waals surface area contributed by atoms with E-state index in [1.807, 2.05) is 6.92 Å².